The fourth-order valence-corrected chi connectivity index (χ4v) is 3.50. The summed E-state index contributed by atoms with van der Waals surface area (Å²) < 4.78 is 0. The van der Waals surface area contributed by atoms with Crippen molar-refractivity contribution in [3.63, 3.8) is 0 Å². The maximum atomic E-state index is 11.3. The van der Waals surface area contributed by atoms with Crippen LogP contribution in [0, 0.1) is 0 Å². The van der Waals surface area contributed by atoms with Crippen molar-refractivity contribution in [1.29, 1.82) is 0 Å². The summed E-state index contributed by atoms with van der Waals surface area (Å²) in [6.45, 7) is 4.02. The van der Waals surface area contributed by atoms with Gasteiger partial charge >= 0.3 is 0 Å². The van der Waals surface area contributed by atoms with Gasteiger partial charge in [-0.3, -0.25) is 4.79 Å². The Balaban J connectivity index is 2.41. The standard InChI is InChI=1S/C22H30N2O2/c1-3-16(8-7-15(2)23)17-9-11-21(18-5-4-6-20(25)14-18)19(13-17)10-12-22(24)26/h6-8,13-14,25H,3-5,9-12,23H2,1-2H3,(H2,24,26)/b15-7+,16-8+. The third-order valence-corrected chi connectivity index (χ3v) is 4.84. The Labute approximate surface area is 156 Å². The number of carbonyl (C=O) groups excluding carboxylic acids is 1. The van der Waals surface area contributed by atoms with E-state index in [1.807, 2.05) is 25.2 Å². The molecule has 2 aliphatic rings. The van der Waals surface area contributed by atoms with Crippen molar-refractivity contribution in [3.8, 4) is 0 Å². The first-order chi connectivity index (χ1) is 12.4. The van der Waals surface area contributed by atoms with Crippen LogP contribution in [0.5, 0.6) is 0 Å². The normalized spacial score (nSPS) is 19.1. The van der Waals surface area contributed by atoms with Gasteiger partial charge in [0.05, 0.1) is 0 Å². The lowest BCUT2D eigenvalue weighted by Gasteiger charge is -2.24. The first-order valence-corrected chi connectivity index (χ1v) is 9.35. The Morgan fingerprint density at radius 1 is 1.19 bits per heavy atom. The van der Waals surface area contributed by atoms with Gasteiger partial charge in [0, 0.05) is 12.1 Å². The molecule has 4 nitrogen and oxygen atoms in total. The maximum Gasteiger partial charge on any atom is 0.217 e. The Morgan fingerprint density at radius 2 is 1.96 bits per heavy atom. The van der Waals surface area contributed by atoms with Gasteiger partial charge in [0.15, 0.2) is 0 Å². The highest BCUT2D eigenvalue weighted by atomic mass is 16.3. The molecule has 2 aliphatic carbocycles. The number of nitrogens with two attached hydrogens (primary N) is 2. The average Bonchev–Trinajstić information content (AvgIpc) is 2.60. The zero-order valence-corrected chi connectivity index (χ0v) is 15.8. The van der Waals surface area contributed by atoms with Crippen molar-refractivity contribution in [2.75, 3.05) is 0 Å². The van der Waals surface area contributed by atoms with Gasteiger partial charge in [0.2, 0.25) is 5.91 Å². The summed E-state index contributed by atoms with van der Waals surface area (Å²) in [5.74, 6) is 0.0474. The van der Waals surface area contributed by atoms with Crippen LogP contribution in [0.1, 0.15) is 58.8 Å². The van der Waals surface area contributed by atoms with E-state index in [1.54, 1.807) is 0 Å². The molecular weight excluding hydrogens is 324 g/mol. The number of hydrogen-bond donors (Lipinski definition) is 3. The first-order valence-electron chi connectivity index (χ1n) is 9.35. The van der Waals surface area contributed by atoms with Gasteiger partial charge < -0.3 is 16.6 Å². The minimum Gasteiger partial charge on any atom is -0.508 e. The molecule has 0 fully saturated rings. The molecule has 26 heavy (non-hydrogen) atoms. The van der Waals surface area contributed by atoms with Crippen LogP contribution in [0.3, 0.4) is 0 Å². The van der Waals surface area contributed by atoms with Gasteiger partial charge in [-0.05, 0) is 91.5 Å². The summed E-state index contributed by atoms with van der Waals surface area (Å²) in [6.07, 6.45) is 15.5. The van der Waals surface area contributed by atoms with Gasteiger partial charge in [-0.25, -0.2) is 0 Å². The minimum atomic E-state index is -0.286. The van der Waals surface area contributed by atoms with Crippen LogP contribution in [0.15, 0.2) is 69.7 Å². The van der Waals surface area contributed by atoms with E-state index in [1.165, 1.54) is 27.9 Å². The summed E-state index contributed by atoms with van der Waals surface area (Å²) in [4.78, 5) is 11.3. The Hall–Kier alpha value is -2.49. The zero-order chi connectivity index (χ0) is 19.1. The first kappa shape index (κ1) is 19.8. The Bertz CT molecular complexity index is 742. The average molecular weight is 354 g/mol. The van der Waals surface area contributed by atoms with Crippen LogP contribution in [-0.2, 0) is 4.79 Å². The zero-order valence-electron chi connectivity index (χ0n) is 15.8. The van der Waals surface area contributed by atoms with Crippen molar-refractivity contribution < 1.29 is 9.90 Å². The predicted molar refractivity (Wildman–Crippen MR) is 107 cm³/mol. The number of carbonyl (C=O) groups is 1. The molecule has 4 heteroatoms. The second-order valence-corrected chi connectivity index (χ2v) is 6.93. The van der Waals surface area contributed by atoms with Crippen molar-refractivity contribution in [1.82, 2.24) is 0 Å². The number of allylic oxidation sites excluding steroid dienone is 11. The second kappa shape index (κ2) is 9.27. The number of aliphatic hydroxyl groups is 1. The Kier molecular flexibility index (Phi) is 7.07. The molecule has 0 spiro atoms. The van der Waals surface area contributed by atoms with E-state index in [2.05, 4.69) is 19.1 Å². The van der Waals surface area contributed by atoms with Gasteiger partial charge in [-0.2, -0.15) is 0 Å². The van der Waals surface area contributed by atoms with Gasteiger partial charge in [-0.1, -0.05) is 19.1 Å². The molecule has 0 radical (unpaired) electrons. The molecule has 0 aromatic rings. The van der Waals surface area contributed by atoms with Crippen LogP contribution in [0.4, 0.5) is 0 Å². The quantitative estimate of drug-likeness (QED) is 0.582. The van der Waals surface area contributed by atoms with E-state index >= 15 is 0 Å². The molecule has 0 aromatic heterocycles. The second-order valence-electron chi connectivity index (χ2n) is 6.93. The van der Waals surface area contributed by atoms with Crippen molar-refractivity contribution >= 4 is 5.91 Å². The highest BCUT2D eigenvalue weighted by Crippen LogP contribution is 2.37. The van der Waals surface area contributed by atoms with Crippen LogP contribution in [0.2, 0.25) is 0 Å². The fourth-order valence-electron chi connectivity index (χ4n) is 3.50. The molecule has 0 atom stereocenters. The molecule has 0 heterocycles. The molecule has 0 saturated carbocycles. The Morgan fingerprint density at radius 3 is 2.58 bits per heavy atom. The van der Waals surface area contributed by atoms with Crippen molar-refractivity contribution in [2.45, 2.75) is 58.8 Å². The summed E-state index contributed by atoms with van der Waals surface area (Å²) in [5.41, 5.74) is 18.1. The van der Waals surface area contributed by atoms with Gasteiger partial charge in [0.25, 0.3) is 0 Å². The van der Waals surface area contributed by atoms with Crippen LogP contribution < -0.4 is 11.5 Å². The molecule has 0 aliphatic heterocycles. The van der Waals surface area contributed by atoms with Gasteiger partial charge in [0.1, 0.15) is 5.76 Å². The number of rotatable bonds is 7. The maximum absolute atomic E-state index is 11.3. The third-order valence-electron chi connectivity index (χ3n) is 4.84. The summed E-state index contributed by atoms with van der Waals surface area (Å²) in [7, 11) is 0. The number of primary amides is 1. The number of hydrogen-bond acceptors (Lipinski definition) is 3. The summed E-state index contributed by atoms with van der Waals surface area (Å²) >= 11 is 0. The van der Waals surface area contributed by atoms with Gasteiger partial charge in [-0.15, -0.1) is 0 Å². The van der Waals surface area contributed by atoms with Crippen LogP contribution >= 0.6 is 0 Å². The van der Waals surface area contributed by atoms with E-state index in [0.29, 0.717) is 18.6 Å². The number of amides is 1. The lowest BCUT2D eigenvalue weighted by Crippen LogP contribution is -2.12. The molecular formula is C22H30N2O2. The highest BCUT2D eigenvalue weighted by molar-refractivity contribution is 5.74. The van der Waals surface area contributed by atoms with E-state index in [4.69, 9.17) is 11.5 Å². The van der Waals surface area contributed by atoms with Crippen LogP contribution in [-0.4, -0.2) is 11.0 Å². The highest BCUT2D eigenvalue weighted by Gasteiger charge is 2.19. The van der Waals surface area contributed by atoms with Crippen LogP contribution in [0.25, 0.3) is 0 Å². The molecule has 0 aromatic carbocycles. The number of aliphatic hydroxyl groups excluding tert-OH is 1. The molecule has 0 saturated heterocycles. The van der Waals surface area contributed by atoms with Crippen molar-refractivity contribution in [3.05, 3.63) is 69.7 Å². The fraction of sp³-hybridized carbons (Fsp3) is 0.409. The molecule has 2 rings (SSSR count). The predicted octanol–water partition coefficient (Wildman–Crippen LogP) is 4.63. The molecule has 0 bridgehead atoms. The summed E-state index contributed by atoms with van der Waals surface area (Å²) in [5, 5.41) is 9.86. The van der Waals surface area contributed by atoms with Crippen molar-refractivity contribution in [2.24, 2.45) is 11.5 Å². The molecule has 140 valence electrons. The molecule has 0 unspecified atom stereocenters. The smallest absolute Gasteiger partial charge is 0.217 e. The topological polar surface area (TPSA) is 89.3 Å². The molecule has 1 amide bonds. The monoisotopic (exact) mass is 354 g/mol. The minimum absolute atomic E-state index is 0.286. The third kappa shape index (κ3) is 5.51. The SMILES string of the molecule is CC/C(=C\C=C(/C)N)C1=CC(CCC(N)=O)=C(C2=CC(O)=CCC2)CC1. The van der Waals surface area contributed by atoms with E-state index in [-0.39, 0.29) is 5.91 Å². The lowest BCUT2D eigenvalue weighted by atomic mass is 9.81. The van der Waals surface area contributed by atoms with E-state index < -0.39 is 0 Å². The van der Waals surface area contributed by atoms with E-state index in [9.17, 15) is 9.90 Å². The molecule has 5 N–H and O–H groups in total. The largest absolute Gasteiger partial charge is 0.508 e. The van der Waals surface area contributed by atoms with E-state index in [0.717, 1.165) is 37.8 Å². The summed E-state index contributed by atoms with van der Waals surface area (Å²) in [6, 6.07) is 0. The lowest BCUT2D eigenvalue weighted by molar-refractivity contribution is -0.117.